The lowest BCUT2D eigenvalue weighted by Crippen LogP contribution is -2.01. The number of benzene rings is 10. The molecule has 2 N–H and O–H groups in total. The molecule has 0 amide bonds. The molecule has 0 atom stereocenters. The van der Waals surface area contributed by atoms with E-state index < -0.39 is 0 Å². The van der Waals surface area contributed by atoms with Gasteiger partial charge in [-0.3, -0.25) is 0 Å². The molecular weight excluding hydrogens is 653 g/mol. The third-order valence-corrected chi connectivity index (χ3v) is 11.8. The maximum Gasteiger partial charge on any atom is 0.0470 e. The van der Waals surface area contributed by atoms with Gasteiger partial charge in [0.15, 0.2) is 0 Å². The van der Waals surface area contributed by atoms with Crippen LogP contribution in [0.25, 0.3) is 98.7 Å². The summed E-state index contributed by atoms with van der Waals surface area (Å²) in [5, 5.41) is 17.5. The van der Waals surface area contributed by atoms with Crippen LogP contribution in [0.2, 0.25) is 0 Å². The molecule has 0 saturated heterocycles. The molecule has 250 valence electrons. The minimum Gasteiger partial charge on any atom is -0.354 e. The fourth-order valence-electron chi connectivity index (χ4n) is 9.42. The van der Waals surface area contributed by atoms with Crippen LogP contribution in [0.5, 0.6) is 0 Å². The topological polar surface area (TPSA) is 24.1 Å². The predicted octanol–water partition coefficient (Wildman–Crippen LogP) is 14.7. The van der Waals surface area contributed by atoms with E-state index >= 15 is 0 Å². The number of hydrogen-bond acceptors (Lipinski definition) is 2. The summed E-state index contributed by atoms with van der Waals surface area (Å²) in [6.07, 6.45) is 0. The number of hydrogen-bond donors (Lipinski definition) is 2. The molecule has 12 rings (SSSR count). The van der Waals surface area contributed by atoms with Crippen molar-refractivity contribution in [3.63, 3.8) is 0 Å². The van der Waals surface area contributed by atoms with Gasteiger partial charge in [0, 0.05) is 44.6 Å². The lowest BCUT2D eigenvalue weighted by atomic mass is 9.84. The van der Waals surface area contributed by atoms with E-state index in [1.807, 2.05) is 0 Å². The summed E-state index contributed by atoms with van der Waals surface area (Å²) >= 11 is 0. The minimum atomic E-state index is 1.16. The summed E-state index contributed by atoms with van der Waals surface area (Å²) in [5.74, 6) is 0. The Balaban J connectivity index is 1.04. The molecule has 2 aliphatic heterocycles. The molecule has 2 nitrogen and oxygen atoms in total. The van der Waals surface area contributed by atoms with E-state index in [1.165, 1.54) is 98.7 Å². The maximum atomic E-state index is 3.71. The van der Waals surface area contributed by atoms with E-state index in [9.17, 15) is 0 Å². The molecule has 10 aromatic rings. The molecule has 54 heavy (non-hydrogen) atoms. The highest BCUT2D eigenvalue weighted by Gasteiger charge is 2.23. The van der Waals surface area contributed by atoms with Crippen LogP contribution in [0, 0.1) is 0 Å². The molecule has 0 fully saturated rings. The van der Waals surface area contributed by atoms with Gasteiger partial charge in [-0.05, 0) is 101 Å². The SMILES string of the molecule is c1ccc2c(c1)Nc1ccc(-c3ccc(-c4ccc(-c5ccc6c7c(cccc57)-c5ccccc5N6)c5ccccc45)c4ccccc34)c3cccc-2c13. The number of anilines is 4. The second-order valence-corrected chi connectivity index (χ2v) is 14.5. The van der Waals surface area contributed by atoms with Gasteiger partial charge in [-0.1, -0.05) is 158 Å². The summed E-state index contributed by atoms with van der Waals surface area (Å²) in [5.41, 5.74) is 17.2. The fourth-order valence-corrected chi connectivity index (χ4v) is 9.42. The third kappa shape index (κ3) is 4.11. The van der Waals surface area contributed by atoms with Crippen LogP contribution in [0.3, 0.4) is 0 Å². The molecule has 10 aromatic carbocycles. The van der Waals surface area contributed by atoms with Gasteiger partial charge in [0.05, 0.1) is 0 Å². The molecule has 2 heterocycles. The molecule has 0 unspecified atom stereocenters. The Morgan fingerprint density at radius 1 is 0.185 bits per heavy atom. The summed E-state index contributed by atoms with van der Waals surface area (Å²) < 4.78 is 0. The Kier molecular flexibility index (Phi) is 6.09. The van der Waals surface area contributed by atoms with Crippen molar-refractivity contribution in [1.82, 2.24) is 0 Å². The first-order valence-electron chi connectivity index (χ1n) is 18.7. The summed E-state index contributed by atoms with van der Waals surface area (Å²) in [6, 6.07) is 67.0. The van der Waals surface area contributed by atoms with E-state index in [-0.39, 0.29) is 0 Å². The quantitative estimate of drug-likeness (QED) is 0.194. The van der Waals surface area contributed by atoms with Crippen molar-refractivity contribution in [1.29, 1.82) is 0 Å². The highest BCUT2D eigenvalue weighted by Crippen LogP contribution is 2.50. The van der Waals surface area contributed by atoms with Gasteiger partial charge in [0.1, 0.15) is 0 Å². The average Bonchev–Trinajstić information content (AvgIpc) is 3.24. The van der Waals surface area contributed by atoms with Crippen molar-refractivity contribution in [2.75, 3.05) is 10.6 Å². The van der Waals surface area contributed by atoms with Crippen LogP contribution < -0.4 is 10.6 Å². The van der Waals surface area contributed by atoms with Crippen LogP contribution in [0.4, 0.5) is 22.7 Å². The molecule has 2 heteroatoms. The van der Waals surface area contributed by atoms with Crippen molar-refractivity contribution >= 4 is 65.8 Å². The minimum absolute atomic E-state index is 1.16. The second kappa shape index (κ2) is 11.2. The van der Waals surface area contributed by atoms with Crippen molar-refractivity contribution < 1.29 is 0 Å². The Hall–Kier alpha value is -7.16. The third-order valence-electron chi connectivity index (χ3n) is 11.8. The Morgan fingerprint density at radius 2 is 0.481 bits per heavy atom. The second-order valence-electron chi connectivity index (χ2n) is 14.5. The van der Waals surface area contributed by atoms with Crippen molar-refractivity contribution in [2.45, 2.75) is 0 Å². The van der Waals surface area contributed by atoms with Gasteiger partial charge < -0.3 is 10.6 Å². The maximum absolute atomic E-state index is 3.71. The summed E-state index contributed by atoms with van der Waals surface area (Å²) in [4.78, 5) is 0. The Bertz CT molecular complexity index is 3010. The zero-order valence-electron chi connectivity index (χ0n) is 29.3. The Morgan fingerprint density at radius 3 is 0.889 bits per heavy atom. The zero-order valence-corrected chi connectivity index (χ0v) is 29.3. The van der Waals surface area contributed by atoms with E-state index in [1.54, 1.807) is 0 Å². The largest absolute Gasteiger partial charge is 0.354 e. The van der Waals surface area contributed by atoms with Gasteiger partial charge in [0.2, 0.25) is 0 Å². The van der Waals surface area contributed by atoms with E-state index in [0.29, 0.717) is 0 Å². The molecule has 0 aromatic heterocycles. The monoisotopic (exact) mass is 684 g/mol. The Labute approximate surface area is 313 Å². The molecule has 0 aliphatic carbocycles. The van der Waals surface area contributed by atoms with Crippen LogP contribution in [0.1, 0.15) is 0 Å². The first kappa shape index (κ1) is 29.4. The van der Waals surface area contributed by atoms with E-state index in [4.69, 9.17) is 0 Å². The predicted molar refractivity (Wildman–Crippen MR) is 230 cm³/mol. The highest BCUT2D eigenvalue weighted by molar-refractivity contribution is 6.21. The number of fused-ring (bicyclic) bond motifs is 6. The zero-order chi connectivity index (χ0) is 35.3. The molecular formula is C52H32N2. The summed E-state index contributed by atoms with van der Waals surface area (Å²) in [7, 11) is 0. The molecule has 0 spiro atoms. The number of nitrogens with one attached hydrogen (secondary N) is 2. The fraction of sp³-hybridized carbons (Fsp3) is 0. The molecule has 2 aliphatic rings. The smallest absolute Gasteiger partial charge is 0.0470 e. The number of rotatable bonds is 3. The van der Waals surface area contributed by atoms with Gasteiger partial charge in [-0.25, -0.2) is 0 Å². The average molecular weight is 685 g/mol. The van der Waals surface area contributed by atoms with Gasteiger partial charge in [-0.15, -0.1) is 0 Å². The number of para-hydroxylation sites is 2. The van der Waals surface area contributed by atoms with Crippen LogP contribution in [0.15, 0.2) is 182 Å². The molecule has 0 radical (unpaired) electrons. The first-order chi connectivity index (χ1) is 26.8. The van der Waals surface area contributed by atoms with Crippen LogP contribution >= 0.6 is 0 Å². The van der Waals surface area contributed by atoms with Gasteiger partial charge >= 0.3 is 0 Å². The molecule has 0 bridgehead atoms. The van der Waals surface area contributed by atoms with Crippen molar-refractivity contribution in [3.8, 4) is 55.6 Å². The molecule has 0 saturated carbocycles. The van der Waals surface area contributed by atoms with Crippen molar-refractivity contribution in [2.24, 2.45) is 0 Å². The lowest BCUT2D eigenvalue weighted by Gasteiger charge is -2.24. The first-order valence-corrected chi connectivity index (χ1v) is 18.7. The van der Waals surface area contributed by atoms with Crippen LogP contribution in [-0.2, 0) is 0 Å². The standard InChI is InChI=1S/C52H32N2/c1-3-13-33-31(11-1)35(23-25-37(33)39-27-29-49-51-43(39)17-9-19-45(51)41-15-5-7-21-47(41)53-49)36-24-26-38(34-14-4-2-12-32(34)36)40-28-30-50-52-44(40)18-10-20-46(52)42-16-6-8-22-48(42)54-50/h1-30,53-54H. The van der Waals surface area contributed by atoms with Crippen LogP contribution in [-0.4, -0.2) is 0 Å². The van der Waals surface area contributed by atoms with Gasteiger partial charge in [-0.2, -0.15) is 0 Å². The lowest BCUT2D eigenvalue weighted by molar-refractivity contribution is 1.53. The van der Waals surface area contributed by atoms with Crippen molar-refractivity contribution in [3.05, 3.63) is 182 Å². The highest BCUT2D eigenvalue weighted by atomic mass is 14.9. The summed E-state index contributed by atoms with van der Waals surface area (Å²) in [6.45, 7) is 0. The van der Waals surface area contributed by atoms with E-state index in [0.717, 1.165) is 22.7 Å². The normalized spacial score (nSPS) is 12.4. The van der Waals surface area contributed by atoms with E-state index in [2.05, 4.69) is 193 Å². The van der Waals surface area contributed by atoms with Gasteiger partial charge in [0.25, 0.3) is 0 Å².